The summed E-state index contributed by atoms with van der Waals surface area (Å²) in [5, 5.41) is 0. The van der Waals surface area contributed by atoms with Gasteiger partial charge in [0.1, 0.15) is 5.75 Å². The van der Waals surface area contributed by atoms with E-state index < -0.39 is 0 Å². The summed E-state index contributed by atoms with van der Waals surface area (Å²) >= 11 is 0. The highest BCUT2D eigenvalue weighted by Crippen LogP contribution is 2.26. The quantitative estimate of drug-likeness (QED) is 0.802. The summed E-state index contributed by atoms with van der Waals surface area (Å²) in [4.78, 5) is 2.18. The lowest BCUT2D eigenvalue weighted by Gasteiger charge is -2.21. The number of ether oxygens (including phenoxy) is 1. The summed E-state index contributed by atoms with van der Waals surface area (Å²) in [5.74, 6) is 0.882. The molecule has 0 fully saturated rings. The summed E-state index contributed by atoms with van der Waals surface area (Å²) in [6.45, 7) is 4.25. The lowest BCUT2D eigenvalue weighted by molar-refractivity contribution is 0.415. The van der Waals surface area contributed by atoms with Crippen LogP contribution in [0.4, 0.5) is 11.4 Å². The van der Waals surface area contributed by atoms with Crippen LogP contribution in [-0.2, 0) is 0 Å². The first-order valence-corrected chi connectivity index (χ1v) is 6.06. The van der Waals surface area contributed by atoms with Gasteiger partial charge in [0, 0.05) is 18.4 Å². The van der Waals surface area contributed by atoms with Crippen molar-refractivity contribution in [2.45, 2.75) is 13.8 Å². The van der Waals surface area contributed by atoms with E-state index in [9.17, 15) is 0 Å². The molecule has 0 unspecified atom stereocenters. The van der Waals surface area contributed by atoms with Crippen molar-refractivity contribution in [2.75, 3.05) is 19.1 Å². The van der Waals surface area contributed by atoms with Gasteiger partial charge < -0.3 is 9.64 Å². The van der Waals surface area contributed by atoms with Crippen LogP contribution in [0.25, 0.3) is 0 Å². The van der Waals surface area contributed by atoms with E-state index in [2.05, 4.69) is 56.1 Å². The Morgan fingerprint density at radius 2 is 1.39 bits per heavy atom. The molecule has 0 aliphatic carbocycles. The number of anilines is 2. The first-order valence-electron chi connectivity index (χ1n) is 6.06. The van der Waals surface area contributed by atoms with Gasteiger partial charge in [-0.1, -0.05) is 6.07 Å². The number of hydrogen-bond acceptors (Lipinski definition) is 2. The van der Waals surface area contributed by atoms with Crippen LogP contribution in [0.2, 0.25) is 0 Å². The van der Waals surface area contributed by atoms with Crippen LogP contribution in [0.15, 0.2) is 42.5 Å². The fourth-order valence-corrected chi connectivity index (χ4v) is 2.10. The molecule has 0 saturated heterocycles. The van der Waals surface area contributed by atoms with Crippen LogP contribution in [0, 0.1) is 13.8 Å². The van der Waals surface area contributed by atoms with Gasteiger partial charge in [-0.25, -0.2) is 0 Å². The van der Waals surface area contributed by atoms with E-state index in [4.69, 9.17) is 4.74 Å². The standard InChI is InChI=1S/C16H19NO/c1-12-9-13(2)11-15(10-12)17(3)14-5-7-16(18-4)8-6-14/h5-11H,1-4H3. The van der Waals surface area contributed by atoms with E-state index in [1.54, 1.807) is 7.11 Å². The van der Waals surface area contributed by atoms with Crippen molar-refractivity contribution in [3.63, 3.8) is 0 Å². The molecule has 0 amide bonds. The molecule has 0 atom stereocenters. The lowest BCUT2D eigenvalue weighted by Crippen LogP contribution is -2.09. The zero-order chi connectivity index (χ0) is 13.1. The highest BCUT2D eigenvalue weighted by atomic mass is 16.5. The van der Waals surface area contributed by atoms with Gasteiger partial charge in [-0.05, 0) is 61.4 Å². The highest BCUT2D eigenvalue weighted by Gasteiger charge is 2.05. The smallest absolute Gasteiger partial charge is 0.119 e. The van der Waals surface area contributed by atoms with Gasteiger partial charge in [-0.2, -0.15) is 0 Å². The number of rotatable bonds is 3. The summed E-state index contributed by atoms with van der Waals surface area (Å²) in [6.07, 6.45) is 0. The average molecular weight is 241 g/mol. The predicted octanol–water partition coefficient (Wildman–Crippen LogP) is 4.08. The SMILES string of the molecule is COc1ccc(N(C)c2cc(C)cc(C)c2)cc1. The topological polar surface area (TPSA) is 12.5 Å². The maximum Gasteiger partial charge on any atom is 0.119 e. The highest BCUT2D eigenvalue weighted by molar-refractivity contribution is 5.64. The van der Waals surface area contributed by atoms with Crippen LogP contribution in [-0.4, -0.2) is 14.2 Å². The Balaban J connectivity index is 2.31. The van der Waals surface area contributed by atoms with Crippen LogP contribution in [0.5, 0.6) is 5.75 Å². The molecule has 18 heavy (non-hydrogen) atoms. The molecule has 0 N–H and O–H groups in total. The zero-order valence-electron chi connectivity index (χ0n) is 11.4. The molecule has 2 aromatic rings. The predicted molar refractivity (Wildman–Crippen MR) is 77.0 cm³/mol. The van der Waals surface area contributed by atoms with Crippen molar-refractivity contribution in [1.29, 1.82) is 0 Å². The van der Waals surface area contributed by atoms with Gasteiger partial charge in [0.05, 0.1) is 7.11 Å². The van der Waals surface area contributed by atoms with Gasteiger partial charge in [-0.3, -0.25) is 0 Å². The van der Waals surface area contributed by atoms with E-state index in [0.29, 0.717) is 0 Å². The summed E-state index contributed by atoms with van der Waals surface area (Å²) in [7, 11) is 3.76. The average Bonchev–Trinajstić information content (AvgIpc) is 2.37. The Hall–Kier alpha value is -1.96. The third-order valence-corrected chi connectivity index (χ3v) is 3.05. The summed E-state index contributed by atoms with van der Waals surface area (Å²) < 4.78 is 5.17. The minimum absolute atomic E-state index is 0.882. The van der Waals surface area contributed by atoms with E-state index in [1.165, 1.54) is 16.8 Å². The molecule has 0 radical (unpaired) electrons. The Morgan fingerprint density at radius 3 is 1.89 bits per heavy atom. The van der Waals surface area contributed by atoms with Crippen LogP contribution < -0.4 is 9.64 Å². The van der Waals surface area contributed by atoms with E-state index in [0.717, 1.165) is 11.4 Å². The second-order valence-corrected chi connectivity index (χ2v) is 4.60. The first-order chi connectivity index (χ1) is 8.60. The van der Waals surface area contributed by atoms with E-state index in [1.807, 2.05) is 12.1 Å². The van der Waals surface area contributed by atoms with E-state index >= 15 is 0 Å². The molecule has 94 valence electrons. The van der Waals surface area contributed by atoms with Crippen molar-refractivity contribution < 1.29 is 4.74 Å². The summed E-state index contributed by atoms with van der Waals surface area (Å²) in [6, 6.07) is 14.7. The number of nitrogens with zero attached hydrogens (tertiary/aromatic N) is 1. The number of aryl methyl sites for hydroxylation is 2. The minimum atomic E-state index is 0.882. The maximum absolute atomic E-state index is 5.17. The molecule has 0 spiro atoms. The molecular formula is C16H19NO. The third kappa shape index (κ3) is 2.65. The maximum atomic E-state index is 5.17. The third-order valence-electron chi connectivity index (χ3n) is 3.05. The molecule has 2 heteroatoms. The minimum Gasteiger partial charge on any atom is -0.497 e. The summed E-state index contributed by atoms with van der Waals surface area (Å²) in [5.41, 5.74) is 4.93. The molecule has 0 aromatic heterocycles. The van der Waals surface area contributed by atoms with E-state index in [-0.39, 0.29) is 0 Å². The Bertz CT molecular complexity index is 511. The molecule has 0 saturated carbocycles. The van der Waals surface area contributed by atoms with Gasteiger partial charge in [0.25, 0.3) is 0 Å². The molecular weight excluding hydrogens is 222 g/mol. The largest absolute Gasteiger partial charge is 0.497 e. The monoisotopic (exact) mass is 241 g/mol. The van der Waals surface area contributed by atoms with Gasteiger partial charge >= 0.3 is 0 Å². The molecule has 0 aliphatic heterocycles. The fourth-order valence-electron chi connectivity index (χ4n) is 2.10. The van der Waals surface area contributed by atoms with Crippen LogP contribution in [0.3, 0.4) is 0 Å². The Morgan fingerprint density at radius 1 is 0.833 bits per heavy atom. The molecule has 0 bridgehead atoms. The lowest BCUT2D eigenvalue weighted by atomic mass is 10.1. The van der Waals surface area contributed by atoms with Gasteiger partial charge in [0.2, 0.25) is 0 Å². The fraction of sp³-hybridized carbons (Fsp3) is 0.250. The van der Waals surface area contributed by atoms with Crippen molar-refractivity contribution in [3.05, 3.63) is 53.6 Å². The molecule has 0 aliphatic rings. The Kier molecular flexibility index (Phi) is 3.56. The normalized spacial score (nSPS) is 10.2. The molecule has 2 nitrogen and oxygen atoms in total. The zero-order valence-corrected chi connectivity index (χ0v) is 11.4. The van der Waals surface area contributed by atoms with Crippen LogP contribution in [0.1, 0.15) is 11.1 Å². The molecule has 0 heterocycles. The first kappa shape index (κ1) is 12.5. The van der Waals surface area contributed by atoms with Crippen molar-refractivity contribution in [2.24, 2.45) is 0 Å². The molecule has 2 rings (SSSR count). The van der Waals surface area contributed by atoms with Crippen LogP contribution >= 0.6 is 0 Å². The number of methoxy groups -OCH3 is 1. The second kappa shape index (κ2) is 5.13. The van der Waals surface area contributed by atoms with Crippen molar-refractivity contribution >= 4 is 11.4 Å². The Labute approximate surface area is 109 Å². The molecule has 2 aromatic carbocycles. The van der Waals surface area contributed by atoms with Crippen molar-refractivity contribution in [3.8, 4) is 5.75 Å². The number of hydrogen-bond donors (Lipinski definition) is 0. The van der Waals surface area contributed by atoms with Crippen molar-refractivity contribution in [1.82, 2.24) is 0 Å². The van der Waals surface area contributed by atoms with Gasteiger partial charge in [-0.15, -0.1) is 0 Å². The number of benzene rings is 2. The van der Waals surface area contributed by atoms with Gasteiger partial charge in [0.15, 0.2) is 0 Å². The second-order valence-electron chi connectivity index (χ2n) is 4.60.